The van der Waals surface area contributed by atoms with E-state index in [9.17, 15) is 39.0 Å². The van der Waals surface area contributed by atoms with Crippen molar-refractivity contribution in [2.24, 2.45) is 5.92 Å². The summed E-state index contributed by atoms with van der Waals surface area (Å²) in [5.74, 6) is -2.99. The third-order valence-electron chi connectivity index (χ3n) is 12.8. The molecule has 72 heavy (non-hydrogen) atoms. The van der Waals surface area contributed by atoms with Gasteiger partial charge in [0.2, 0.25) is 0 Å². The number of nitrogen functional groups attached to an aromatic ring is 2. The predicted octanol–water partition coefficient (Wildman–Crippen LogP) is 7.95. The van der Waals surface area contributed by atoms with Crippen LogP contribution in [0.1, 0.15) is 90.7 Å². The average molecular weight is 971 g/mol. The molecule has 0 spiro atoms. The first-order valence-corrected chi connectivity index (χ1v) is 23.5. The highest BCUT2D eigenvalue weighted by molar-refractivity contribution is 6.16. The van der Waals surface area contributed by atoms with Gasteiger partial charge in [-0.3, -0.25) is 19.2 Å². The van der Waals surface area contributed by atoms with E-state index in [4.69, 9.17) is 20.9 Å². The number of rotatable bonds is 21. The third kappa shape index (κ3) is 10.8. The van der Waals surface area contributed by atoms with E-state index in [0.717, 1.165) is 59.3 Å². The number of pyridine rings is 1. The number of nitrogens with zero attached hydrogens (tertiary/aromatic N) is 2. The Morgan fingerprint density at radius 1 is 0.667 bits per heavy atom. The van der Waals surface area contributed by atoms with Gasteiger partial charge in [0.25, 0.3) is 11.8 Å². The molecule has 0 aliphatic carbocycles. The van der Waals surface area contributed by atoms with Gasteiger partial charge in [-0.05, 0) is 152 Å². The number of carboxylic acids is 2. The second-order valence-corrected chi connectivity index (χ2v) is 17.6. The lowest BCUT2D eigenvalue weighted by molar-refractivity contribution is -0.123. The van der Waals surface area contributed by atoms with Crippen LogP contribution in [0.15, 0.2) is 139 Å². The van der Waals surface area contributed by atoms with Crippen LogP contribution in [0.2, 0.25) is 0 Å². The Morgan fingerprint density at radius 3 is 1.92 bits per heavy atom. The first-order chi connectivity index (χ1) is 34.7. The van der Waals surface area contributed by atoms with Crippen molar-refractivity contribution in [2.45, 2.75) is 45.6 Å². The Bertz CT molecular complexity index is 3190. The summed E-state index contributed by atoms with van der Waals surface area (Å²) in [4.78, 5) is 78.3. The van der Waals surface area contributed by atoms with Crippen molar-refractivity contribution in [1.82, 2.24) is 19.9 Å². The number of fused-ring (bicyclic) bond motifs is 2. The van der Waals surface area contributed by atoms with Crippen molar-refractivity contribution in [2.75, 3.05) is 37.8 Å². The lowest BCUT2D eigenvalue weighted by Gasteiger charge is -2.29. The van der Waals surface area contributed by atoms with Crippen molar-refractivity contribution in [3.8, 4) is 22.8 Å². The Kier molecular flexibility index (Phi) is 15.0. The van der Waals surface area contributed by atoms with Crippen LogP contribution in [-0.4, -0.2) is 87.2 Å². The van der Waals surface area contributed by atoms with E-state index in [1.807, 2.05) is 96.2 Å². The fraction of sp³-hybridized carbons (Fsp3) is 0.214. The maximum Gasteiger partial charge on any atom is 0.337 e. The zero-order chi connectivity index (χ0) is 51.1. The summed E-state index contributed by atoms with van der Waals surface area (Å²) in [6, 6.07) is 28.2. The summed E-state index contributed by atoms with van der Waals surface area (Å²) in [5, 5.41) is 24.9. The average Bonchev–Trinajstić information content (AvgIpc) is 3.84. The fourth-order valence-corrected chi connectivity index (χ4v) is 9.32. The van der Waals surface area contributed by atoms with Crippen LogP contribution in [0.5, 0.6) is 11.5 Å². The van der Waals surface area contributed by atoms with E-state index in [-0.39, 0.29) is 76.3 Å². The van der Waals surface area contributed by atoms with Crippen LogP contribution in [0.4, 0.5) is 11.4 Å². The van der Waals surface area contributed by atoms with Crippen molar-refractivity contribution >= 4 is 57.9 Å². The molecular weight excluding hydrogens is 917 g/mol. The number of aromatic carboxylic acids is 2. The standard InChI is InChI=1S/C56H54N6O10/c1-33-49(53(65)37-17-22-44(58)43(30-37)56(69)70)45-11-5-9-25-61(45)51(33)35-13-18-41(19-14-35)71-31-47(63)59-23-7-3-4-8-24-60-48(64)32-72-42-20-15-36(16-21-42)52-34(2)50(46-12-6-10-26-62(46)52)54(66)38-27-39(55(67)68)29-40(57)28-38/h5-6,9-22,25-30,46,50H,3-4,7-8,23-24,31-32,57-58H2,1-2H3,(H,59,63)(H,60,64)(H,67,68)(H,69,70). The Labute approximate surface area is 415 Å². The van der Waals surface area contributed by atoms with Gasteiger partial charge in [0, 0.05) is 53.7 Å². The summed E-state index contributed by atoms with van der Waals surface area (Å²) in [6.45, 7) is 4.40. The molecule has 16 heteroatoms. The highest BCUT2D eigenvalue weighted by Crippen LogP contribution is 2.43. The van der Waals surface area contributed by atoms with E-state index >= 15 is 0 Å². The summed E-state index contributed by atoms with van der Waals surface area (Å²) < 4.78 is 13.5. The number of Topliss-reactive ketones (excluding diaryl/α,β-unsaturated/α-hetero) is 1. The van der Waals surface area contributed by atoms with Crippen LogP contribution in [-0.2, 0) is 9.59 Å². The van der Waals surface area contributed by atoms with Gasteiger partial charge in [-0.25, -0.2) is 9.59 Å². The number of nitrogens with one attached hydrogen (secondary N) is 2. The monoisotopic (exact) mass is 970 g/mol. The molecule has 0 saturated heterocycles. The second kappa shape index (κ2) is 21.8. The molecule has 2 unspecified atom stereocenters. The van der Waals surface area contributed by atoms with E-state index in [1.165, 1.54) is 36.4 Å². The molecule has 2 aliphatic heterocycles. The van der Waals surface area contributed by atoms with Gasteiger partial charge in [0.1, 0.15) is 11.5 Å². The summed E-state index contributed by atoms with van der Waals surface area (Å²) in [7, 11) is 0. The molecule has 0 bridgehead atoms. The molecule has 16 nitrogen and oxygen atoms in total. The van der Waals surface area contributed by atoms with E-state index in [0.29, 0.717) is 35.7 Å². The van der Waals surface area contributed by atoms with Crippen LogP contribution in [0.3, 0.4) is 0 Å². The third-order valence-corrected chi connectivity index (χ3v) is 12.8. The number of carboxylic acid groups (broad SMARTS) is 2. The minimum Gasteiger partial charge on any atom is -0.484 e. The number of allylic oxidation sites excluding steroid dienone is 2. The molecule has 0 fully saturated rings. The Morgan fingerprint density at radius 2 is 1.29 bits per heavy atom. The number of anilines is 2. The van der Waals surface area contributed by atoms with Gasteiger partial charge in [-0.2, -0.15) is 0 Å². The fourth-order valence-electron chi connectivity index (χ4n) is 9.32. The summed E-state index contributed by atoms with van der Waals surface area (Å²) in [5.41, 5.74) is 18.3. The van der Waals surface area contributed by atoms with Crippen LogP contribution in [0.25, 0.3) is 22.5 Å². The van der Waals surface area contributed by atoms with E-state index < -0.39 is 17.9 Å². The number of hydrogen-bond acceptors (Lipinski definition) is 11. The molecule has 8 rings (SSSR count). The minimum absolute atomic E-state index is 0.0485. The zero-order valence-corrected chi connectivity index (χ0v) is 39.7. The molecule has 0 radical (unpaired) electrons. The van der Waals surface area contributed by atoms with Crippen molar-refractivity contribution in [3.05, 3.63) is 178 Å². The van der Waals surface area contributed by atoms with Gasteiger partial charge in [-0.15, -0.1) is 0 Å². The first kappa shape index (κ1) is 49.5. The lowest BCUT2D eigenvalue weighted by Crippen LogP contribution is -2.33. The number of ether oxygens (including phenoxy) is 2. The van der Waals surface area contributed by atoms with Crippen LogP contribution in [0, 0.1) is 12.8 Å². The number of benzene rings is 4. The largest absolute Gasteiger partial charge is 0.484 e. The van der Waals surface area contributed by atoms with E-state index in [2.05, 4.69) is 10.6 Å². The second-order valence-electron chi connectivity index (χ2n) is 17.6. The summed E-state index contributed by atoms with van der Waals surface area (Å²) >= 11 is 0. The molecule has 6 aromatic rings. The first-order valence-electron chi connectivity index (χ1n) is 23.5. The van der Waals surface area contributed by atoms with Gasteiger partial charge >= 0.3 is 11.9 Å². The molecule has 0 saturated carbocycles. The molecule has 2 aliphatic rings. The Balaban J connectivity index is 0.736. The van der Waals surface area contributed by atoms with Crippen LogP contribution >= 0.6 is 0 Å². The van der Waals surface area contributed by atoms with Gasteiger partial charge in [0.15, 0.2) is 24.8 Å². The molecule has 8 N–H and O–H groups in total. The smallest absolute Gasteiger partial charge is 0.337 e. The number of amides is 2. The molecule has 2 amide bonds. The molecule has 4 aromatic carbocycles. The van der Waals surface area contributed by atoms with Crippen molar-refractivity contribution < 1.29 is 48.5 Å². The molecule has 4 heterocycles. The highest BCUT2D eigenvalue weighted by atomic mass is 16.5. The van der Waals surface area contributed by atoms with Crippen LogP contribution < -0.4 is 31.6 Å². The number of aromatic nitrogens is 1. The normalized spacial score (nSPS) is 14.8. The Hall–Kier alpha value is -8.92. The molecule has 2 atom stereocenters. The molecular formula is C56H54N6O10. The maximum atomic E-state index is 13.9. The molecule has 368 valence electrons. The number of unbranched alkanes of at least 4 members (excludes halogenated alkanes) is 3. The van der Waals surface area contributed by atoms with Gasteiger partial charge < -0.3 is 51.1 Å². The number of hydrogen-bond donors (Lipinski definition) is 6. The predicted molar refractivity (Wildman–Crippen MR) is 273 cm³/mol. The van der Waals surface area contributed by atoms with Gasteiger partial charge in [0.05, 0.1) is 39.9 Å². The quantitative estimate of drug-likeness (QED) is 0.0228. The minimum atomic E-state index is -1.21. The number of carbonyl (C=O) groups excluding carboxylic acids is 4. The topological polar surface area (TPSA) is 245 Å². The maximum absolute atomic E-state index is 13.9. The number of ketones is 2. The highest BCUT2D eigenvalue weighted by Gasteiger charge is 2.42. The van der Waals surface area contributed by atoms with Gasteiger partial charge in [-0.1, -0.05) is 31.1 Å². The molecule has 2 aromatic heterocycles. The SMILES string of the molecule is CC1=C(c2ccc(OCC(=O)NCCCCCCNC(=O)COc3ccc(-c4c(C)c(C(=O)c5ccc(N)c(C(=O)O)c5)c5ccccn45)cc3)cc2)N2C=CC=CC2C1C(=O)c1cc(N)cc(C(=O)O)c1. The summed E-state index contributed by atoms with van der Waals surface area (Å²) in [6.07, 6.45) is 12.7. The lowest BCUT2D eigenvalue weighted by atomic mass is 9.85. The zero-order valence-electron chi connectivity index (χ0n) is 39.7. The van der Waals surface area contributed by atoms with E-state index in [1.54, 1.807) is 24.3 Å². The number of nitrogens with two attached hydrogens (primary N) is 2. The van der Waals surface area contributed by atoms with Crippen molar-refractivity contribution in [3.63, 3.8) is 0 Å². The van der Waals surface area contributed by atoms with Crippen molar-refractivity contribution in [1.29, 1.82) is 0 Å². The number of carbonyl (C=O) groups is 6.